The highest BCUT2D eigenvalue weighted by Crippen LogP contribution is 2.44. The van der Waals surface area contributed by atoms with E-state index in [0.717, 1.165) is 11.6 Å². The predicted octanol–water partition coefficient (Wildman–Crippen LogP) is 3.45. The van der Waals surface area contributed by atoms with Crippen LogP contribution in [0.5, 0.6) is 5.75 Å². The van der Waals surface area contributed by atoms with Gasteiger partial charge in [0.15, 0.2) is 5.82 Å². The summed E-state index contributed by atoms with van der Waals surface area (Å²) in [7, 11) is 0. The molecule has 0 radical (unpaired) electrons. The number of aromatic hydroxyl groups is 1. The molecule has 5 nitrogen and oxygen atoms in total. The predicted molar refractivity (Wildman–Crippen MR) is 93.6 cm³/mol. The van der Waals surface area contributed by atoms with Crippen molar-refractivity contribution in [2.24, 2.45) is 0 Å². The van der Waals surface area contributed by atoms with Gasteiger partial charge in [0.05, 0.1) is 22.4 Å². The van der Waals surface area contributed by atoms with Crippen molar-refractivity contribution in [2.45, 2.75) is 50.9 Å². The number of phenolic OH excluding ortho intramolecular Hbond substituents is 1. The molecular weight excluding hydrogens is 359 g/mol. The van der Waals surface area contributed by atoms with Crippen LogP contribution in [0.25, 0.3) is 11.3 Å². The normalized spacial score (nSPS) is 24.7. The summed E-state index contributed by atoms with van der Waals surface area (Å²) in [6.45, 7) is 3.98. The van der Waals surface area contributed by atoms with Gasteiger partial charge in [-0.05, 0) is 56.9 Å². The van der Waals surface area contributed by atoms with Gasteiger partial charge >= 0.3 is 6.18 Å². The second-order valence-electron chi connectivity index (χ2n) is 7.79. The number of anilines is 1. The fourth-order valence-corrected chi connectivity index (χ4v) is 4.11. The van der Waals surface area contributed by atoms with E-state index in [1.807, 2.05) is 0 Å². The van der Waals surface area contributed by atoms with Gasteiger partial charge in [-0.25, -0.2) is 0 Å². The first-order chi connectivity index (χ1) is 12.5. The lowest BCUT2D eigenvalue weighted by Gasteiger charge is -2.46. The molecule has 4 rings (SSSR count). The van der Waals surface area contributed by atoms with Gasteiger partial charge in [-0.3, -0.25) is 0 Å². The Bertz CT molecular complexity index is 904. The maximum atomic E-state index is 13.5. The summed E-state index contributed by atoms with van der Waals surface area (Å²) in [5, 5.41) is 28.3. The molecule has 0 amide bonds. The molecule has 8 heteroatoms. The van der Waals surface area contributed by atoms with Gasteiger partial charge in [0.1, 0.15) is 5.75 Å². The van der Waals surface area contributed by atoms with Crippen LogP contribution in [0.4, 0.5) is 19.0 Å². The number of aromatic nitrogens is 2. The second kappa shape index (κ2) is 5.82. The topological polar surface area (TPSA) is 69.5 Å². The van der Waals surface area contributed by atoms with Gasteiger partial charge in [0, 0.05) is 18.2 Å². The fourth-order valence-electron chi connectivity index (χ4n) is 4.11. The molecule has 0 spiro atoms. The van der Waals surface area contributed by atoms with Crippen LogP contribution in [0, 0.1) is 6.92 Å². The molecule has 1 fully saturated rings. The first-order valence-corrected chi connectivity index (χ1v) is 8.82. The van der Waals surface area contributed by atoms with Gasteiger partial charge in [-0.15, -0.1) is 10.2 Å². The van der Waals surface area contributed by atoms with Gasteiger partial charge in [0.25, 0.3) is 0 Å². The smallest absolute Gasteiger partial charge is 0.417 e. The lowest BCUT2D eigenvalue weighted by molar-refractivity contribution is -0.137. The van der Waals surface area contributed by atoms with Crippen molar-refractivity contribution in [3.05, 3.63) is 34.9 Å². The summed E-state index contributed by atoms with van der Waals surface area (Å²) in [5.74, 6) is 0.195. The average Bonchev–Trinajstić information content (AvgIpc) is 2.93. The van der Waals surface area contributed by atoms with Crippen molar-refractivity contribution in [2.75, 3.05) is 11.4 Å². The summed E-state index contributed by atoms with van der Waals surface area (Å²) in [5.41, 5.74) is -0.787. The molecule has 2 heterocycles. The number of benzene rings is 1. The highest BCUT2D eigenvalue weighted by atomic mass is 19.4. The number of hydrogen-bond acceptors (Lipinski definition) is 5. The van der Waals surface area contributed by atoms with E-state index in [2.05, 4.69) is 15.1 Å². The minimum absolute atomic E-state index is 0.0148. The third kappa shape index (κ3) is 3.12. The molecule has 0 saturated heterocycles. The maximum absolute atomic E-state index is 13.5. The number of halogens is 3. The Morgan fingerprint density at radius 3 is 2.52 bits per heavy atom. The van der Waals surface area contributed by atoms with E-state index in [9.17, 15) is 23.4 Å². The molecule has 1 aromatic heterocycles. The Balaban J connectivity index is 1.72. The Labute approximate surface area is 154 Å². The Kier molecular flexibility index (Phi) is 3.89. The molecule has 1 saturated carbocycles. The number of nitrogens with zero attached hydrogens (tertiary/aromatic N) is 3. The van der Waals surface area contributed by atoms with E-state index in [1.165, 1.54) is 13.0 Å². The highest BCUT2D eigenvalue weighted by Gasteiger charge is 2.44. The zero-order chi connectivity index (χ0) is 19.6. The average molecular weight is 379 g/mol. The first kappa shape index (κ1) is 18.0. The summed E-state index contributed by atoms with van der Waals surface area (Å²) in [6, 6.07) is 4.05. The summed E-state index contributed by atoms with van der Waals surface area (Å²) in [4.78, 5) is 2.06. The first-order valence-electron chi connectivity index (χ1n) is 8.82. The maximum Gasteiger partial charge on any atom is 0.417 e. The quantitative estimate of drug-likeness (QED) is 0.837. The number of rotatable bonds is 2. The van der Waals surface area contributed by atoms with Crippen molar-refractivity contribution in [1.29, 1.82) is 0 Å². The van der Waals surface area contributed by atoms with Crippen LogP contribution in [-0.2, 0) is 12.6 Å². The number of phenols is 1. The Morgan fingerprint density at radius 1 is 1.19 bits per heavy atom. The lowest BCUT2D eigenvalue weighted by Crippen LogP contribution is -2.53. The number of alkyl halides is 3. The van der Waals surface area contributed by atoms with Crippen LogP contribution in [0.3, 0.4) is 0 Å². The third-order valence-corrected chi connectivity index (χ3v) is 5.36. The van der Waals surface area contributed by atoms with Gasteiger partial charge in [-0.1, -0.05) is 0 Å². The van der Waals surface area contributed by atoms with Crippen molar-refractivity contribution in [1.82, 2.24) is 10.2 Å². The van der Waals surface area contributed by atoms with E-state index in [4.69, 9.17) is 0 Å². The van der Waals surface area contributed by atoms with E-state index < -0.39 is 23.1 Å². The number of aryl methyl sites for hydroxylation is 1. The van der Waals surface area contributed by atoms with Gasteiger partial charge < -0.3 is 15.1 Å². The number of fused-ring (bicyclic) bond motifs is 1. The van der Waals surface area contributed by atoms with Gasteiger partial charge in [-0.2, -0.15) is 13.2 Å². The molecule has 1 aliphatic carbocycles. The number of aliphatic hydroxyl groups is 1. The minimum atomic E-state index is -4.61. The molecule has 27 heavy (non-hydrogen) atoms. The molecule has 2 aromatic rings. The molecule has 0 unspecified atom stereocenters. The second-order valence-corrected chi connectivity index (χ2v) is 7.79. The van der Waals surface area contributed by atoms with Crippen LogP contribution in [0.2, 0.25) is 0 Å². The highest BCUT2D eigenvalue weighted by molar-refractivity contribution is 5.74. The molecular formula is C19H20F3N3O2. The van der Waals surface area contributed by atoms with Gasteiger partial charge in [0.2, 0.25) is 0 Å². The van der Waals surface area contributed by atoms with Crippen LogP contribution in [0.1, 0.15) is 36.5 Å². The lowest BCUT2D eigenvalue weighted by atomic mass is 9.76. The molecule has 1 aliphatic heterocycles. The van der Waals surface area contributed by atoms with Crippen LogP contribution in [0.15, 0.2) is 18.2 Å². The Morgan fingerprint density at radius 2 is 1.89 bits per heavy atom. The van der Waals surface area contributed by atoms with E-state index in [-0.39, 0.29) is 17.3 Å². The van der Waals surface area contributed by atoms with Crippen molar-refractivity contribution >= 4 is 5.82 Å². The molecule has 144 valence electrons. The SMILES string of the molecule is Cc1cc(O)c(-c2cc3c(nn2)N(C2CC(C)(O)C2)CC3)c(C(F)(F)F)c1. The molecule has 1 aromatic carbocycles. The number of hydrogen-bond donors (Lipinski definition) is 2. The van der Waals surface area contributed by atoms with E-state index >= 15 is 0 Å². The van der Waals surface area contributed by atoms with E-state index in [0.29, 0.717) is 37.2 Å². The van der Waals surface area contributed by atoms with Crippen LogP contribution < -0.4 is 4.90 Å². The Hall–Kier alpha value is -2.35. The summed E-state index contributed by atoms with van der Waals surface area (Å²) >= 11 is 0. The zero-order valence-corrected chi connectivity index (χ0v) is 15.0. The minimum Gasteiger partial charge on any atom is -0.507 e. The van der Waals surface area contributed by atoms with Crippen molar-refractivity contribution in [3.63, 3.8) is 0 Å². The summed E-state index contributed by atoms with van der Waals surface area (Å²) in [6.07, 6.45) is -2.70. The standard InChI is InChI=1S/C19H20F3N3O2/c1-10-5-13(19(20,21)22)16(15(26)6-10)14-7-11-3-4-25(17(11)24-23-14)12-8-18(2,27)9-12/h5-7,12,26-27H,3-4,8-9H2,1-2H3. The third-order valence-electron chi connectivity index (χ3n) is 5.36. The molecule has 0 atom stereocenters. The monoisotopic (exact) mass is 379 g/mol. The van der Waals surface area contributed by atoms with E-state index in [1.54, 1.807) is 13.0 Å². The molecule has 2 N–H and O–H groups in total. The fraction of sp³-hybridized carbons (Fsp3) is 0.474. The van der Waals surface area contributed by atoms with Crippen molar-refractivity contribution in [3.8, 4) is 17.0 Å². The molecule has 2 aliphatic rings. The molecule has 0 bridgehead atoms. The largest absolute Gasteiger partial charge is 0.507 e. The zero-order valence-electron chi connectivity index (χ0n) is 15.0. The van der Waals surface area contributed by atoms with Crippen LogP contribution in [-0.4, -0.2) is 38.6 Å². The van der Waals surface area contributed by atoms with Crippen molar-refractivity contribution < 1.29 is 23.4 Å². The van der Waals surface area contributed by atoms with Crippen LogP contribution >= 0.6 is 0 Å². The summed E-state index contributed by atoms with van der Waals surface area (Å²) < 4.78 is 40.4.